The number of esters is 1. The average molecular weight is 314 g/mol. The molecular weight excluding hydrogens is 303 g/mol. The number of hydrogen-bond donors (Lipinski definition) is 0. The highest BCUT2D eigenvalue weighted by Gasteiger charge is 2.33. The molecule has 1 aromatic rings. The molecule has 1 rings (SSSR count). The van der Waals surface area contributed by atoms with E-state index in [2.05, 4.69) is 14.5 Å². The number of aromatic nitrogens is 1. The van der Waals surface area contributed by atoms with Crippen LogP contribution < -0.4 is 9.47 Å². The monoisotopic (exact) mass is 313 g/mol. The van der Waals surface area contributed by atoms with Gasteiger partial charge in [-0.3, -0.25) is 4.79 Å². The van der Waals surface area contributed by atoms with Crippen molar-refractivity contribution in [2.75, 3.05) is 14.2 Å². The van der Waals surface area contributed by atoms with Gasteiger partial charge in [-0.25, -0.2) is 4.98 Å². The van der Waals surface area contributed by atoms with Crippen molar-refractivity contribution in [3.05, 3.63) is 17.3 Å². The molecule has 9 heteroatoms. The fourth-order valence-electron chi connectivity index (χ4n) is 1.37. The first kappa shape index (κ1) is 16.4. The number of alkyl halides is 4. The minimum Gasteiger partial charge on any atom is -0.481 e. The lowest BCUT2D eigenvalue weighted by molar-refractivity contribution is -0.275. The van der Waals surface area contributed by atoms with Gasteiger partial charge in [0.2, 0.25) is 5.88 Å². The summed E-state index contributed by atoms with van der Waals surface area (Å²) in [5.41, 5.74) is -0.0399. The van der Waals surface area contributed by atoms with Gasteiger partial charge in [0.05, 0.1) is 32.2 Å². The molecule has 0 aliphatic rings. The van der Waals surface area contributed by atoms with E-state index in [9.17, 15) is 18.0 Å². The predicted octanol–water partition coefficient (Wildman–Crippen LogP) is 2.44. The van der Waals surface area contributed by atoms with Crippen molar-refractivity contribution in [1.82, 2.24) is 4.98 Å². The Kier molecular flexibility index (Phi) is 5.43. The van der Waals surface area contributed by atoms with Crippen LogP contribution in [0.4, 0.5) is 13.2 Å². The summed E-state index contributed by atoms with van der Waals surface area (Å²) >= 11 is 5.59. The Labute approximate surface area is 117 Å². The van der Waals surface area contributed by atoms with Crippen LogP contribution in [0.25, 0.3) is 0 Å². The molecule has 0 aliphatic heterocycles. The third kappa shape index (κ3) is 4.44. The van der Waals surface area contributed by atoms with Gasteiger partial charge in [-0.15, -0.1) is 24.8 Å². The van der Waals surface area contributed by atoms with E-state index >= 15 is 0 Å². The summed E-state index contributed by atoms with van der Waals surface area (Å²) in [5.74, 6) is -1.47. The van der Waals surface area contributed by atoms with Crippen molar-refractivity contribution in [3.63, 3.8) is 0 Å². The van der Waals surface area contributed by atoms with Crippen LogP contribution in [0, 0.1) is 0 Å². The molecule has 0 atom stereocenters. The highest BCUT2D eigenvalue weighted by Crippen LogP contribution is 2.31. The summed E-state index contributed by atoms with van der Waals surface area (Å²) in [7, 11) is 2.39. The smallest absolute Gasteiger partial charge is 0.481 e. The number of rotatable bonds is 5. The quantitative estimate of drug-likeness (QED) is 0.617. The molecule has 0 spiro atoms. The molecule has 20 heavy (non-hydrogen) atoms. The Hall–Kier alpha value is -1.70. The van der Waals surface area contributed by atoms with Crippen molar-refractivity contribution < 1.29 is 32.2 Å². The average Bonchev–Trinajstić information content (AvgIpc) is 2.38. The van der Waals surface area contributed by atoms with Gasteiger partial charge in [-0.2, -0.15) is 0 Å². The summed E-state index contributed by atoms with van der Waals surface area (Å²) in [5, 5.41) is 0. The number of carbonyl (C=O) groups is 1. The molecule has 0 bridgehead atoms. The zero-order valence-corrected chi connectivity index (χ0v) is 11.3. The molecule has 0 fully saturated rings. The van der Waals surface area contributed by atoms with Crippen molar-refractivity contribution in [2.45, 2.75) is 18.7 Å². The molecule has 0 aliphatic carbocycles. The Morgan fingerprint density at radius 1 is 1.40 bits per heavy atom. The highest BCUT2D eigenvalue weighted by molar-refractivity contribution is 6.17. The maximum atomic E-state index is 12.3. The molecule has 0 aromatic carbocycles. The molecule has 0 unspecified atom stereocenters. The third-order valence-corrected chi connectivity index (χ3v) is 2.49. The number of carbonyl (C=O) groups excluding carboxylic acids is 1. The number of methoxy groups -OCH3 is 2. The normalized spacial score (nSPS) is 11.1. The van der Waals surface area contributed by atoms with Gasteiger partial charge < -0.3 is 14.2 Å². The molecule has 112 valence electrons. The molecule has 0 saturated carbocycles. The summed E-state index contributed by atoms with van der Waals surface area (Å²) < 4.78 is 50.1. The molecule has 0 N–H and O–H groups in total. The van der Waals surface area contributed by atoms with Gasteiger partial charge in [-0.1, -0.05) is 0 Å². The number of pyridine rings is 1. The van der Waals surface area contributed by atoms with E-state index in [4.69, 9.17) is 16.3 Å². The van der Waals surface area contributed by atoms with Crippen LogP contribution in [0.15, 0.2) is 6.07 Å². The molecule has 1 heterocycles. The van der Waals surface area contributed by atoms with Crippen molar-refractivity contribution in [1.29, 1.82) is 0 Å². The summed E-state index contributed by atoms with van der Waals surface area (Å²) in [6.07, 6.45) is -5.40. The van der Waals surface area contributed by atoms with E-state index in [-0.39, 0.29) is 23.0 Å². The second kappa shape index (κ2) is 6.65. The molecule has 0 saturated heterocycles. The van der Waals surface area contributed by atoms with Crippen LogP contribution in [0.3, 0.4) is 0 Å². The lowest BCUT2D eigenvalue weighted by Gasteiger charge is -2.15. The topological polar surface area (TPSA) is 57.7 Å². The van der Waals surface area contributed by atoms with Crippen molar-refractivity contribution >= 4 is 17.6 Å². The molecule has 5 nitrogen and oxygen atoms in total. The van der Waals surface area contributed by atoms with Gasteiger partial charge in [0.25, 0.3) is 0 Å². The largest absolute Gasteiger partial charge is 0.573 e. The first-order valence-corrected chi connectivity index (χ1v) is 5.79. The van der Waals surface area contributed by atoms with E-state index in [1.807, 2.05) is 0 Å². The van der Waals surface area contributed by atoms with Crippen LogP contribution in [0.2, 0.25) is 0 Å². The summed E-state index contributed by atoms with van der Waals surface area (Å²) in [6.45, 7) is 0. The Morgan fingerprint density at radius 2 is 2.05 bits per heavy atom. The fraction of sp³-hybridized carbons (Fsp3) is 0.455. The third-order valence-electron chi connectivity index (χ3n) is 2.20. The Balaban J connectivity index is 3.25. The number of nitrogens with zero attached hydrogens (tertiary/aromatic N) is 1. The van der Waals surface area contributed by atoms with Crippen LogP contribution in [0.5, 0.6) is 11.6 Å². The zero-order chi connectivity index (χ0) is 15.3. The van der Waals surface area contributed by atoms with Crippen LogP contribution in [-0.2, 0) is 21.8 Å². The van der Waals surface area contributed by atoms with Gasteiger partial charge in [0.15, 0.2) is 5.75 Å². The maximum absolute atomic E-state index is 12.3. The van der Waals surface area contributed by atoms with E-state index in [1.54, 1.807) is 0 Å². The number of ether oxygens (including phenoxy) is 3. The number of hydrogen-bond acceptors (Lipinski definition) is 5. The van der Waals surface area contributed by atoms with Crippen molar-refractivity contribution in [2.24, 2.45) is 0 Å². The van der Waals surface area contributed by atoms with E-state index < -0.39 is 24.5 Å². The first-order valence-electron chi connectivity index (χ1n) is 5.26. The van der Waals surface area contributed by atoms with Crippen LogP contribution in [-0.4, -0.2) is 31.5 Å². The van der Waals surface area contributed by atoms with Gasteiger partial charge >= 0.3 is 12.3 Å². The lowest BCUT2D eigenvalue weighted by Crippen LogP contribution is -2.20. The van der Waals surface area contributed by atoms with Gasteiger partial charge in [0.1, 0.15) is 0 Å². The van der Waals surface area contributed by atoms with E-state index in [1.165, 1.54) is 7.11 Å². The lowest BCUT2D eigenvalue weighted by atomic mass is 10.2. The molecule has 1 aromatic heterocycles. The van der Waals surface area contributed by atoms with Gasteiger partial charge in [0, 0.05) is 5.56 Å². The minimum absolute atomic E-state index is 0.0217. The SMILES string of the molecule is COC(=O)Cc1nc(OC)c(CCl)cc1OC(F)(F)F. The van der Waals surface area contributed by atoms with E-state index in [0.717, 1.165) is 13.2 Å². The first-order chi connectivity index (χ1) is 9.30. The summed E-state index contributed by atoms with van der Waals surface area (Å²) in [4.78, 5) is 15.0. The number of halogens is 4. The molecule has 0 amide bonds. The fourth-order valence-corrected chi connectivity index (χ4v) is 1.57. The Bertz CT molecular complexity index is 493. The maximum Gasteiger partial charge on any atom is 0.573 e. The minimum atomic E-state index is -4.91. The molecule has 0 radical (unpaired) electrons. The second-order valence-electron chi connectivity index (χ2n) is 3.54. The van der Waals surface area contributed by atoms with Crippen LogP contribution in [0.1, 0.15) is 11.3 Å². The molecular formula is C11H11ClF3NO4. The van der Waals surface area contributed by atoms with Crippen molar-refractivity contribution in [3.8, 4) is 11.6 Å². The summed E-state index contributed by atoms with van der Waals surface area (Å²) in [6, 6.07) is 1.03. The predicted molar refractivity (Wildman–Crippen MR) is 62.7 cm³/mol. The Morgan fingerprint density at radius 3 is 2.50 bits per heavy atom. The second-order valence-corrected chi connectivity index (χ2v) is 3.80. The standard InChI is InChI=1S/C11H11ClF3NO4/c1-18-9(17)4-7-8(20-11(13,14)15)3-6(5-12)10(16-7)19-2/h3H,4-5H2,1-2H3. The van der Waals surface area contributed by atoms with Gasteiger partial charge in [-0.05, 0) is 6.07 Å². The zero-order valence-electron chi connectivity index (χ0n) is 10.6. The van der Waals surface area contributed by atoms with Crippen LogP contribution >= 0.6 is 11.6 Å². The van der Waals surface area contributed by atoms with E-state index in [0.29, 0.717) is 0 Å². The highest BCUT2D eigenvalue weighted by atomic mass is 35.5.